The van der Waals surface area contributed by atoms with Crippen LogP contribution in [0.5, 0.6) is 5.75 Å². The van der Waals surface area contributed by atoms with Crippen LogP contribution in [0.3, 0.4) is 0 Å². The quantitative estimate of drug-likeness (QED) is 0.827. The first kappa shape index (κ1) is 15.3. The van der Waals surface area contributed by atoms with E-state index < -0.39 is 0 Å². The molecule has 0 aliphatic carbocycles. The molecular weight excluding hydrogens is 318 g/mol. The minimum absolute atomic E-state index is 0.0341. The van der Waals surface area contributed by atoms with Crippen molar-refractivity contribution >= 4 is 35.0 Å². The van der Waals surface area contributed by atoms with E-state index in [4.69, 9.17) is 16.3 Å². The molecule has 1 saturated heterocycles. The Balaban J connectivity index is 1.97. The van der Waals surface area contributed by atoms with Crippen LogP contribution >= 0.6 is 23.4 Å². The lowest BCUT2D eigenvalue weighted by Crippen LogP contribution is -2.30. The van der Waals surface area contributed by atoms with E-state index in [0.717, 1.165) is 17.0 Å². The van der Waals surface area contributed by atoms with Crippen LogP contribution in [0.1, 0.15) is 17.9 Å². The molecule has 2 aromatic rings. The molecule has 0 bridgehead atoms. The number of thioether (sulfide) groups is 1. The number of carbonyl (C=O) groups excluding carboxylic acids is 1. The van der Waals surface area contributed by atoms with Crippen LogP contribution in [0.4, 0.5) is 5.69 Å². The molecule has 0 N–H and O–H groups in total. The van der Waals surface area contributed by atoms with E-state index in [1.54, 1.807) is 18.9 Å². The average Bonchev–Trinajstić information content (AvgIpc) is 2.84. The Hall–Kier alpha value is -1.65. The maximum absolute atomic E-state index is 12.6. The first-order chi connectivity index (χ1) is 10.6. The Morgan fingerprint density at radius 1 is 1.09 bits per heavy atom. The minimum atomic E-state index is -0.0669. The topological polar surface area (TPSA) is 29.5 Å². The van der Waals surface area contributed by atoms with Crippen molar-refractivity contribution in [3.63, 3.8) is 0 Å². The van der Waals surface area contributed by atoms with Gasteiger partial charge in [0.15, 0.2) is 0 Å². The number of rotatable bonds is 3. The Labute approximate surface area is 139 Å². The van der Waals surface area contributed by atoms with Crippen molar-refractivity contribution in [2.75, 3.05) is 12.0 Å². The van der Waals surface area contributed by atoms with Gasteiger partial charge in [0.1, 0.15) is 11.1 Å². The largest absolute Gasteiger partial charge is 0.497 e. The number of hydrogen-bond donors (Lipinski definition) is 0. The highest BCUT2D eigenvalue weighted by molar-refractivity contribution is 8.01. The van der Waals surface area contributed by atoms with E-state index in [1.165, 1.54) is 0 Å². The molecule has 1 aliphatic rings. The minimum Gasteiger partial charge on any atom is -0.497 e. The summed E-state index contributed by atoms with van der Waals surface area (Å²) < 4.78 is 5.18. The first-order valence-electron chi connectivity index (χ1n) is 6.98. The van der Waals surface area contributed by atoms with Gasteiger partial charge in [0.25, 0.3) is 0 Å². The molecule has 1 aliphatic heterocycles. The number of hydrogen-bond acceptors (Lipinski definition) is 3. The van der Waals surface area contributed by atoms with Crippen molar-refractivity contribution in [1.82, 2.24) is 0 Å². The Morgan fingerprint density at radius 3 is 2.32 bits per heavy atom. The molecule has 3 rings (SSSR count). The SMILES string of the molecule is COc1ccc(N2C(=O)C(C)SC2c2ccc(Cl)cc2)cc1. The molecule has 1 fully saturated rings. The van der Waals surface area contributed by atoms with Gasteiger partial charge in [-0.15, -0.1) is 11.8 Å². The molecule has 0 saturated carbocycles. The standard InChI is InChI=1S/C17H16ClNO2S/c1-11-16(20)19(14-7-9-15(21-2)10-8-14)17(22-11)12-3-5-13(18)6-4-12/h3-11,17H,1-2H3. The molecule has 2 unspecified atom stereocenters. The van der Waals surface area contributed by atoms with Crippen molar-refractivity contribution in [1.29, 1.82) is 0 Å². The molecule has 0 spiro atoms. The van der Waals surface area contributed by atoms with Crippen molar-refractivity contribution in [2.24, 2.45) is 0 Å². The molecule has 2 atom stereocenters. The predicted octanol–water partition coefficient (Wildman–Crippen LogP) is 4.52. The highest BCUT2D eigenvalue weighted by atomic mass is 35.5. The van der Waals surface area contributed by atoms with Gasteiger partial charge in [0.05, 0.1) is 12.4 Å². The van der Waals surface area contributed by atoms with Gasteiger partial charge < -0.3 is 4.74 Å². The second kappa shape index (κ2) is 6.23. The molecule has 22 heavy (non-hydrogen) atoms. The molecule has 3 nitrogen and oxygen atoms in total. The lowest BCUT2D eigenvalue weighted by atomic mass is 10.1. The fourth-order valence-electron chi connectivity index (χ4n) is 2.48. The normalized spacial score (nSPS) is 21.2. The summed E-state index contributed by atoms with van der Waals surface area (Å²) in [6, 6.07) is 15.2. The molecule has 1 amide bonds. The van der Waals surface area contributed by atoms with Crippen LogP contribution in [-0.4, -0.2) is 18.3 Å². The van der Waals surface area contributed by atoms with Crippen molar-refractivity contribution in [3.05, 3.63) is 59.1 Å². The second-order valence-electron chi connectivity index (χ2n) is 5.09. The molecular formula is C17H16ClNO2S. The zero-order valence-corrected chi connectivity index (χ0v) is 13.9. The summed E-state index contributed by atoms with van der Waals surface area (Å²) in [7, 11) is 1.63. The summed E-state index contributed by atoms with van der Waals surface area (Å²) in [4.78, 5) is 14.4. The van der Waals surface area contributed by atoms with Crippen molar-refractivity contribution < 1.29 is 9.53 Å². The summed E-state index contributed by atoms with van der Waals surface area (Å²) in [5.74, 6) is 0.897. The third-order valence-corrected chi connectivity index (χ3v) is 5.26. The lowest BCUT2D eigenvalue weighted by Gasteiger charge is -2.24. The van der Waals surface area contributed by atoms with Gasteiger partial charge in [-0.05, 0) is 48.9 Å². The van der Waals surface area contributed by atoms with E-state index in [-0.39, 0.29) is 16.5 Å². The number of halogens is 1. The van der Waals surface area contributed by atoms with Gasteiger partial charge in [-0.25, -0.2) is 0 Å². The van der Waals surface area contributed by atoms with Crippen LogP contribution in [0, 0.1) is 0 Å². The lowest BCUT2D eigenvalue weighted by molar-refractivity contribution is -0.117. The third-order valence-electron chi connectivity index (χ3n) is 3.66. The number of carbonyl (C=O) groups is 1. The van der Waals surface area contributed by atoms with Crippen LogP contribution in [0.15, 0.2) is 48.5 Å². The summed E-state index contributed by atoms with van der Waals surface area (Å²) >= 11 is 7.61. The molecule has 114 valence electrons. The summed E-state index contributed by atoms with van der Waals surface area (Å²) in [6.07, 6.45) is 0. The van der Waals surface area contributed by atoms with Crippen molar-refractivity contribution in [2.45, 2.75) is 17.5 Å². The number of benzene rings is 2. The van der Waals surface area contributed by atoms with Gasteiger partial charge >= 0.3 is 0 Å². The highest BCUT2D eigenvalue weighted by Crippen LogP contribution is 2.45. The first-order valence-corrected chi connectivity index (χ1v) is 8.30. The molecule has 1 heterocycles. The number of methoxy groups -OCH3 is 1. The van der Waals surface area contributed by atoms with Gasteiger partial charge in [-0.2, -0.15) is 0 Å². The van der Waals surface area contributed by atoms with Gasteiger partial charge in [0.2, 0.25) is 5.91 Å². The Bertz CT molecular complexity index is 672. The van der Waals surface area contributed by atoms with E-state index in [1.807, 2.05) is 60.4 Å². The molecule has 0 radical (unpaired) electrons. The molecule has 2 aromatic carbocycles. The number of anilines is 1. The van der Waals surface area contributed by atoms with Crippen LogP contribution in [-0.2, 0) is 4.79 Å². The number of nitrogens with zero attached hydrogens (tertiary/aromatic N) is 1. The van der Waals surface area contributed by atoms with E-state index in [2.05, 4.69) is 0 Å². The summed E-state index contributed by atoms with van der Waals surface area (Å²) in [6.45, 7) is 1.94. The summed E-state index contributed by atoms with van der Waals surface area (Å²) in [5, 5.41) is 0.595. The van der Waals surface area contributed by atoms with Crippen LogP contribution in [0.2, 0.25) is 5.02 Å². The fraction of sp³-hybridized carbons (Fsp3) is 0.235. The highest BCUT2D eigenvalue weighted by Gasteiger charge is 2.39. The average molecular weight is 334 g/mol. The van der Waals surface area contributed by atoms with E-state index >= 15 is 0 Å². The zero-order chi connectivity index (χ0) is 15.7. The van der Waals surface area contributed by atoms with Crippen LogP contribution in [0.25, 0.3) is 0 Å². The van der Waals surface area contributed by atoms with Crippen LogP contribution < -0.4 is 9.64 Å². The van der Waals surface area contributed by atoms with Gasteiger partial charge in [-0.1, -0.05) is 23.7 Å². The van der Waals surface area contributed by atoms with Gasteiger partial charge in [0, 0.05) is 10.7 Å². The Morgan fingerprint density at radius 2 is 1.73 bits per heavy atom. The molecule has 0 aromatic heterocycles. The van der Waals surface area contributed by atoms with Crippen molar-refractivity contribution in [3.8, 4) is 5.75 Å². The third kappa shape index (κ3) is 2.81. The second-order valence-corrected chi connectivity index (χ2v) is 6.95. The predicted molar refractivity (Wildman–Crippen MR) is 91.7 cm³/mol. The van der Waals surface area contributed by atoms with E-state index in [9.17, 15) is 4.79 Å². The maximum Gasteiger partial charge on any atom is 0.241 e. The molecule has 5 heteroatoms. The fourth-order valence-corrected chi connectivity index (χ4v) is 3.89. The number of ether oxygens (including phenoxy) is 1. The van der Waals surface area contributed by atoms with Gasteiger partial charge in [-0.3, -0.25) is 9.69 Å². The summed E-state index contributed by atoms with van der Waals surface area (Å²) in [5.41, 5.74) is 1.95. The number of amides is 1. The smallest absolute Gasteiger partial charge is 0.241 e. The van der Waals surface area contributed by atoms with E-state index in [0.29, 0.717) is 5.02 Å². The Kier molecular flexibility index (Phi) is 4.32. The maximum atomic E-state index is 12.6. The monoisotopic (exact) mass is 333 g/mol. The zero-order valence-electron chi connectivity index (χ0n) is 12.3.